The zero-order chi connectivity index (χ0) is 21.6. The van der Waals surface area contributed by atoms with Gasteiger partial charge in [-0.05, 0) is 42.5 Å². The van der Waals surface area contributed by atoms with Crippen LogP contribution in [0.2, 0.25) is 0 Å². The van der Waals surface area contributed by atoms with Crippen molar-refractivity contribution in [1.29, 1.82) is 0 Å². The van der Waals surface area contributed by atoms with Crippen molar-refractivity contribution in [2.75, 3.05) is 56.6 Å². The summed E-state index contributed by atoms with van der Waals surface area (Å²) in [7, 11) is 1.64. The van der Waals surface area contributed by atoms with Crippen LogP contribution in [0.1, 0.15) is 5.56 Å². The maximum absolute atomic E-state index is 12.7. The van der Waals surface area contributed by atoms with E-state index < -0.39 is 17.8 Å². The summed E-state index contributed by atoms with van der Waals surface area (Å²) in [5, 5.41) is 5.13. The second-order valence-corrected chi connectivity index (χ2v) is 6.99. The Bertz CT molecular complexity index is 835. The van der Waals surface area contributed by atoms with Crippen LogP contribution in [0.3, 0.4) is 0 Å². The topological polar surface area (TPSA) is 56.8 Å². The van der Waals surface area contributed by atoms with Gasteiger partial charge < -0.3 is 20.3 Å². The Hall–Kier alpha value is -2.94. The maximum Gasteiger partial charge on any atom is 0.416 e. The largest absolute Gasteiger partial charge is 0.497 e. The number of hydrogen-bond acceptors (Lipinski definition) is 4. The third kappa shape index (κ3) is 6.03. The van der Waals surface area contributed by atoms with E-state index in [-0.39, 0.29) is 5.69 Å². The second-order valence-electron chi connectivity index (χ2n) is 6.99. The van der Waals surface area contributed by atoms with Crippen LogP contribution in [-0.2, 0) is 6.18 Å². The van der Waals surface area contributed by atoms with Gasteiger partial charge >= 0.3 is 12.2 Å². The lowest BCUT2D eigenvalue weighted by Gasteiger charge is -2.36. The molecule has 0 aliphatic carbocycles. The predicted molar refractivity (Wildman–Crippen MR) is 110 cm³/mol. The number of amides is 2. The molecule has 0 aromatic heterocycles. The molecule has 0 bridgehead atoms. The Morgan fingerprint density at radius 3 is 2.40 bits per heavy atom. The van der Waals surface area contributed by atoms with Gasteiger partial charge in [0, 0.05) is 50.6 Å². The van der Waals surface area contributed by atoms with Crippen LogP contribution in [0.25, 0.3) is 0 Å². The highest BCUT2D eigenvalue weighted by Crippen LogP contribution is 2.30. The summed E-state index contributed by atoms with van der Waals surface area (Å²) in [5.41, 5.74) is 0.458. The van der Waals surface area contributed by atoms with Crippen LogP contribution >= 0.6 is 0 Å². The standard InChI is InChI=1S/C21H25F3N4O2/c1-30-19-7-5-18(6-8-19)28-13-11-27(12-14-28)10-9-25-20(29)26-17-4-2-3-16(15-17)21(22,23)24/h2-8,15H,9-14H2,1H3,(H2,25,26,29). The molecule has 1 aliphatic heterocycles. The quantitative estimate of drug-likeness (QED) is 0.746. The van der Waals surface area contributed by atoms with Crippen molar-refractivity contribution in [3.63, 3.8) is 0 Å². The number of halogens is 3. The summed E-state index contributed by atoms with van der Waals surface area (Å²) < 4.78 is 43.4. The maximum atomic E-state index is 12.7. The number of ether oxygens (including phenoxy) is 1. The number of carbonyl (C=O) groups excluding carboxylic acids is 1. The van der Waals surface area contributed by atoms with Gasteiger partial charge in [-0.15, -0.1) is 0 Å². The Kier molecular flexibility index (Phi) is 7.04. The number of alkyl halides is 3. The van der Waals surface area contributed by atoms with Crippen molar-refractivity contribution in [1.82, 2.24) is 10.2 Å². The molecular formula is C21H25F3N4O2. The van der Waals surface area contributed by atoms with E-state index in [2.05, 4.69) is 20.4 Å². The van der Waals surface area contributed by atoms with Gasteiger partial charge in [0.15, 0.2) is 0 Å². The molecule has 6 nitrogen and oxygen atoms in total. The minimum absolute atomic E-state index is 0.107. The first kappa shape index (κ1) is 21.8. The van der Waals surface area contributed by atoms with Gasteiger partial charge in [0.25, 0.3) is 0 Å². The summed E-state index contributed by atoms with van der Waals surface area (Å²) in [6, 6.07) is 12.0. The Balaban J connectivity index is 1.38. The second kappa shape index (κ2) is 9.71. The van der Waals surface area contributed by atoms with Crippen molar-refractivity contribution in [2.45, 2.75) is 6.18 Å². The van der Waals surface area contributed by atoms with Gasteiger partial charge in [-0.1, -0.05) is 6.07 Å². The number of piperazine rings is 1. The highest BCUT2D eigenvalue weighted by Gasteiger charge is 2.30. The molecule has 2 N–H and O–H groups in total. The monoisotopic (exact) mass is 422 g/mol. The molecule has 3 rings (SSSR count). The van der Waals surface area contributed by atoms with Gasteiger partial charge in [0.05, 0.1) is 12.7 Å². The summed E-state index contributed by atoms with van der Waals surface area (Å²) in [5.74, 6) is 0.826. The van der Waals surface area contributed by atoms with Crippen molar-refractivity contribution in [3.05, 3.63) is 54.1 Å². The summed E-state index contributed by atoms with van der Waals surface area (Å²) >= 11 is 0. The molecule has 2 amide bonds. The van der Waals surface area contributed by atoms with E-state index in [1.165, 1.54) is 12.1 Å². The Labute approximate surface area is 173 Å². The number of anilines is 2. The lowest BCUT2D eigenvalue weighted by molar-refractivity contribution is -0.137. The molecule has 9 heteroatoms. The van der Waals surface area contributed by atoms with Crippen LogP contribution in [0, 0.1) is 0 Å². The number of nitrogens with zero attached hydrogens (tertiary/aromatic N) is 2. The lowest BCUT2D eigenvalue weighted by Crippen LogP contribution is -2.48. The summed E-state index contributed by atoms with van der Waals surface area (Å²) in [6.45, 7) is 4.57. The SMILES string of the molecule is COc1ccc(N2CCN(CCNC(=O)Nc3cccc(C(F)(F)F)c3)CC2)cc1. The number of urea groups is 1. The lowest BCUT2D eigenvalue weighted by atomic mass is 10.2. The van der Waals surface area contributed by atoms with Crippen LogP contribution < -0.4 is 20.3 Å². The first-order valence-electron chi connectivity index (χ1n) is 9.68. The van der Waals surface area contributed by atoms with Crippen LogP contribution in [0.15, 0.2) is 48.5 Å². The number of nitrogens with one attached hydrogen (secondary N) is 2. The third-order valence-electron chi connectivity index (χ3n) is 4.97. The molecule has 2 aromatic rings. The Morgan fingerprint density at radius 2 is 1.77 bits per heavy atom. The fourth-order valence-electron chi connectivity index (χ4n) is 3.30. The molecule has 0 unspecified atom stereocenters. The van der Waals surface area contributed by atoms with Gasteiger partial charge in [-0.2, -0.15) is 13.2 Å². The minimum Gasteiger partial charge on any atom is -0.497 e. The number of methoxy groups -OCH3 is 1. The van der Waals surface area contributed by atoms with Crippen molar-refractivity contribution >= 4 is 17.4 Å². The molecule has 1 aliphatic rings. The number of rotatable bonds is 6. The predicted octanol–water partition coefficient (Wildman–Crippen LogP) is 3.66. The van der Waals surface area contributed by atoms with E-state index in [0.29, 0.717) is 13.1 Å². The van der Waals surface area contributed by atoms with E-state index in [4.69, 9.17) is 4.74 Å². The number of benzene rings is 2. The van der Waals surface area contributed by atoms with Crippen molar-refractivity contribution < 1.29 is 22.7 Å². The van der Waals surface area contributed by atoms with E-state index in [1.807, 2.05) is 24.3 Å². The molecule has 162 valence electrons. The molecule has 0 radical (unpaired) electrons. The minimum atomic E-state index is -4.44. The van der Waals surface area contributed by atoms with E-state index in [1.54, 1.807) is 7.11 Å². The van der Waals surface area contributed by atoms with Crippen LogP contribution in [0.5, 0.6) is 5.75 Å². The van der Waals surface area contributed by atoms with Crippen LogP contribution in [-0.4, -0.2) is 57.3 Å². The van der Waals surface area contributed by atoms with Gasteiger partial charge in [0.2, 0.25) is 0 Å². The smallest absolute Gasteiger partial charge is 0.416 e. The van der Waals surface area contributed by atoms with Crippen LogP contribution in [0.4, 0.5) is 29.3 Å². The molecule has 0 saturated carbocycles. The molecule has 1 saturated heterocycles. The highest BCUT2D eigenvalue weighted by atomic mass is 19.4. The molecule has 1 fully saturated rings. The first-order chi connectivity index (χ1) is 14.3. The average Bonchev–Trinajstić information content (AvgIpc) is 2.74. The molecule has 0 spiro atoms. The highest BCUT2D eigenvalue weighted by molar-refractivity contribution is 5.89. The fourth-order valence-corrected chi connectivity index (χ4v) is 3.30. The average molecular weight is 422 g/mol. The first-order valence-corrected chi connectivity index (χ1v) is 9.68. The normalized spacial score (nSPS) is 15.0. The van der Waals surface area contributed by atoms with E-state index in [9.17, 15) is 18.0 Å². The van der Waals surface area contributed by atoms with Crippen molar-refractivity contribution in [2.24, 2.45) is 0 Å². The van der Waals surface area contributed by atoms with Gasteiger partial charge in [0.1, 0.15) is 5.75 Å². The zero-order valence-electron chi connectivity index (χ0n) is 16.7. The summed E-state index contributed by atoms with van der Waals surface area (Å²) in [6.07, 6.45) is -4.44. The fraction of sp³-hybridized carbons (Fsp3) is 0.381. The molecular weight excluding hydrogens is 397 g/mol. The van der Waals surface area contributed by atoms with E-state index >= 15 is 0 Å². The third-order valence-corrected chi connectivity index (χ3v) is 4.97. The zero-order valence-corrected chi connectivity index (χ0v) is 16.7. The molecule has 0 atom stereocenters. The number of hydrogen-bond donors (Lipinski definition) is 2. The van der Waals surface area contributed by atoms with Gasteiger partial charge in [-0.25, -0.2) is 4.79 Å². The van der Waals surface area contributed by atoms with Gasteiger partial charge in [-0.3, -0.25) is 4.90 Å². The molecule has 1 heterocycles. The molecule has 30 heavy (non-hydrogen) atoms. The molecule has 2 aromatic carbocycles. The Morgan fingerprint density at radius 1 is 1.07 bits per heavy atom. The summed E-state index contributed by atoms with van der Waals surface area (Å²) in [4.78, 5) is 16.5. The van der Waals surface area contributed by atoms with E-state index in [0.717, 1.165) is 49.7 Å². The van der Waals surface area contributed by atoms with Crippen molar-refractivity contribution in [3.8, 4) is 5.75 Å². The number of carbonyl (C=O) groups is 1.